The highest BCUT2D eigenvalue weighted by atomic mass is 16.2. The Morgan fingerprint density at radius 1 is 0.964 bits per heavy atom. The van der Waals surface area contributed by atoms with Crippen LogP contribution in [0.3, 0.4) is 0 Å². The van der Waals surface area contributed by atoms with Crippen molar-refractivity contribution in [1.29, 1.82) is 0 Å². The monoisotopic (exact) mass is 368 g/mol. The Bertz CT molecular complexity index is 1070. The van der Waals surface area contributed by atoms with Crippen LogP contribution in [0, 0.1) is 6.92 Å². The summed E-state index contributed by atoms with van der Waals surface area (Å²) in [7, 11) is 0. The second-order valence-electron chi connectivity index (χ2n) is 6.53. The molecule has 5 heteroatoms. The van der Waals surface area contributed by atoms with Crippen LogP contribution in [0.15, 0.2) is 85.1 Å². The molecule has 0 bridgehead atoms. The SMILES string of the molecule is Cc1ccc(-n2nc(-c3ccccc3)cc2C(=O)NCc2ccccn2)cc1. The zero-order valence-electron chi connectivity index (χ0n) is 15.5. The fourth-order valence-electron chi connectivity index (χ4n) is 2.94. The van der Waals surface area contributed by atoms with Crippen molar-refractivity contribution >= 4 is 5.91 Å². The number of amides is 1. The zero-order valence-corrected chi connectivity index (χ0v) is 15.5. The van der Waals surface area contributed by atoms with Crippen molar-refractivity contribution in [2.75, 3.05) is 0 Å². The van der Waals surface area contributed by atoms with Gasteiger partial charge in [0.05, 0.1) is 23.6 Å². The largest absolute Gasteiger partial charge is 0.345 e. The highest BCUT2D eigenvalue weighted by molar-refractivity contribution is 5.94. The Morgan fingerprint density at radius 3 is 2.43 bits per heavy atom. The Balaban J connectivity index is 1.68. The van der Waals surface area contributed by atoms with E-state index in [2.05, 4.69) is 10.3 Å². The first-order valence-electron chi connectivity index (χ1n) is 9.11. The lowest BCUT2D eigenvalue weighted by molar-refractivity contribution is 0.0942. The van der Waals surface area contributed by atoms with E-state index in [1.165, 1.54) is 0 Å². The van der Waals surface area contributed by atoms with Crippen molar-refractivity contribution in [3.8, 4) is 16.9 Å². The molecule has 5 nitrogen and oxygen atoms in total. The fraction of sp³-hybridized carbons (Fsp3) is 0.0870. The molecule has 0 saturated carbocycles. The molecule has 0 saturated heterocycles. The molecule has 0 atom stereocenters. The lowest BCUT2D eigenvalue weighted by atomic mass is 10.1. The lowest BCUT2D eigenvalue weighted by Crippen LogP contribution is -2.25. The molecule has 138 valence electrons. The predicted molar refractivity (Wildman–Crippen MR) is 109 cm³/mol. The van der Waals surface area contributed by atoms with Gasteiger partial charge in [0.15, 0.2) is 0 Å². The first kappa shape index (κ1) is 17.7. The van der Waals surface area contributed by atoms with Gasteiger partial charge < -0.3 is 5.32 Å². The number of carbonyl (C=O) groups is 1. The lowest BCUT2D eigenvalue weighted by Gasteiger charge is -2.08. The van der Waals surface area contributed by atoms with E-state index in [-0.39, 0.29) is 5.91 Å². The van der Waals surface area contributed by atoms with Gasteiger partial charge in [-0.05, 0) is 37.3 Å². The summed E-state index contributed by atoms with van der Waals surface area (Å²) in [5.41, 5.74) is 5.01. The maximum absolute atomic E-state index is 12.9. The second-order valence-corrected chi connectivity index (χ2v) is 6.53. The van der Waals surface area contributed by atoms with Gasteiger partial charge in [0.1, 0.15) is 5.69 Å². The van der Waals surface area contributed by atoms with Crippen LogP contribution in [0.1, 0.15) is 21.7 Å². The van der Waals surface area contributed by atoms with Gasteiger partial charge in [-0.2, -0.15) is 5.10 Å². The summed E-state index contributed by atoms with van der Waals surface area (Å²) >= 11 is 0. The number of rotatable bonds is 5. The average molecular weight is 368 g/mol. The van der Waals surface area contributed by atoms with Crippen LogP contribution in [0.4, 0.5) is 0 Å². The molecule has 2 aromatic carbocycles. The molecule has 0 aliphatic rings. The van der Waals surface area contributed by atoms with Gasteiger partial charge in [-0.15, -0.1) is 0 Å². The van der Waals surface area contributed by atoms with E-state index in [0.29, 0.717) is 12.2 Å². The van der Waals surface area contributed by atoms with Gasteiger partial charge in [0.2, 0.25) is 0 Å². The summed E-state index contributed by atoms with van der Waals surface area (Å²) in [4.78, 5) is 17.2. The minimum Gasteiger partial charge on any atom is -0.345 e. The molecular formula is C23H20N4O. The highest BCUT2D eigenvalue weighted by Gasteiger charge is 2.17. The highest BCUT2D eigenvalue weighted by Crippen LogP contribution is 2.22. The molecule has 1 N–H and O–H groups in total. The average Bonchev–Trinajstić information content (AvgIpc) is 3.19. The smallest absolute Gasteiger partial charge is 0.270 e. The summed E-state index contributed by atoms with van der Waals surface area (Å²) in [6, 6.07) is 25.2. The molecule has 28 heavy (non-hydrogen) atoms. The van der Waals surface area contributed by atoms with E-state index >= 15 is 0 Å². The molecule has 0 radical (unpaired) electrons. The minimum atomic E-state index is -0.194. The first-order chi connectivity index (χ1) is 13.7. The van der Waals surface area contributed by atoms with Crippen LogP contribution < -0.4 is 5.32 Å². The van der Waals surface area contributed by atoms with Crippen LogP contribution in [0.2, 0.25) is 0 Å². The van der Waals surface area contributed by atoms with Crippen molar-refractivity contribution in [2.45, 2.75) is 13.5 Å². The number of pyridine rings is 1. The summed E-state index contributed by atoms with van der Waals surface area (Å²) in [5.74, 6) is -0.194. The minimum absolute atomic E-state index is 0.194. The van der Waals surface area contributed by atoms with Crippen LogP contribution in [0.5, 0.6) is 0 Å². The van der Waals surface area contributed by atoms with Gasteiger partial charge in [0.25, 0.3) is 5.91 Å². The fourth-order valence-corrected chi connectivity index (χ4v) is 2.94. The molecule has 4 aromatic rings. The van der Waals surface area contributed by atoms with Crippen LogP contribution in [0.25, 0.3) is 16.9 Å². The number of hydrogen-bond acceptors (Lipinski definition) is 3. The maximum atomic E-state index is 12.9. The zero-order chi connectivity index (χ0) is 19.3. The van der Waals surface area contributed by atoms with Crippen molar-refractivity contribution in [1.82, 2.24) is 20.1 Å². The van der Waals surface area contributed by atoms with Crippen LogP contribution in [-0.2, 0) is 6.54 Å². The third-order valence-corrected chi connectivity index (χ3v) is 4.45. The summed E-state index contributed by atoms with van der Waals surface area (Å²) < 4.78 is 1.69. The Hall–Kier alpha value is -3.73. The van der Waals surface area contributed by atoms with E-state index in [9.17, 15) is 4.79 Å². The van der Waals surface area contributed by atoms with E-state index in [1.54, 1.807) is 10.9 Å². The Labute approximate surface area is 163 Å². The predicted octanol–water partition coefficient (Wildman–Crippen LogP) is 4.17. The number of aryl methyl sites for hydroxylation is 1. The summed E-state index contributed by atoms with van der Waals surface area (Å²) in [6.07, 6.45) is 1.71. The van der Waals surface area contributed by atoms with E-state index in [4.69, 9.17) is 5.10 Å². The molecule has 0 aliphatic heterocycles. The maximum Gasteiger partial charge on any atom is 0.270 e. The third-order valence-electron chi connectivity index (χ3n) is 4.45. The number of nitrogens with one attached hydrogen (secondary N) is 1. The second kappa shape index (κ2) is 7.88. The molecule has 4 rings (SSSR count). The number of benzene rings is 2. The molecule has 0 spiro atoms. The number of hydrogen-bond donors (Lipinski definition) is 1. The summed E-state index contributed by atoms with van der Waals surface area (Å²) in [6.45, 7) is 2.39. The number of aromatic nitrogens is 3. The quantitative estimate of drug-likeness (QED) is 0.575. The van der Waals surface area contributed by atoms with Crippen molar-refractivity contribution in [3.63, 3.8) is 0 Å². The van der Waals surface area contributed by atoms with Gasteiger partial charge in [-0.25, -0.2) is 4.68 Å². The van der Waals surface area contributed by atoms with Crippen molar-refractivity contribution in [3.05, 3.63) is 102 Å². The van der Waals surface area contributed by atoms with Gasteiger partial charge in [0, 0.05) is 11.8 Å². The van der Waals surface area contributed by atoms with E-state index in [0.717, 1.165) is 28.2 Å². The van der Waals surface area contributed by atoms with Crippen molar-refractivity contribution in [2.24, 2.45) is 0 Å². The molecule has 2 aromatic heterocycles. The van der Waals surface area contributed by atoms with Crippen molar-refractivity contribution < 1.29 is 4.79 Å². The van der Waals surface area contributed by atoms with E-state index in [1.807, 2.05) is 85.8 Å². The topological polar surface area (TPSA) is 59.8 Å². The normalized spacial score (nSPS) is 10.6. The molecule has 2 heterocycles. The molecule has 0 unspecified atom stereocenters. The van der Waals surface area contributed by atoms with Gasteiger partial charge in [-0.3, -0.25) is 9.78 Å². The summed E-state index contributed by atoms with van der Waals surface area (Å²) in [5, 5.41) is 7.64. The third kappa shape index (κ3) is 3.83. The first-order valence-corrected chi connectivity index (χ1v) is 9.11. The Kier molecular flexibility index (Phi) is 4.97. The standard InChI is InChI=1S/C23H20N4O/c1-17-10-12-20(13-11-17)27-22(15-21(26-27)18-7-3-2-4-8-18)23(28)25-16-19-9-5-6-14-24-19/h2-15H,16H2,1H3,(H,25,28). The molecule has 1 amide bonds. The Morgan fingerprint density at radius 2 is 1.71 bits per heavy atom. The van der Waals surface area contributed by atoms with Crippen LogP contribution in [-0.4, -0.2) is 20.7 Å². The number of nitrogens with zero attached hydrogens (tertiary/aromatic N) is 3. The van der Waals surface area contributed by atoms with Crippen LogP contribution >= 0.6 is 0 Å². The van der Waals surface area contributed by atoms with Gasteiger partial charge in [-0.1, -0.05) is 54.1 Å². The molecular weight excluding hydrogens is 348 g/mol. The number of carbonyl (C=O) groups excluding carboxylic acids is 1. The molecule has 0 aliphatic carbocycles. The van der Waals surface area contributed by atoms with Gasteiger partial charge >= 0.3 is 0 Å². The molecule has 0 fully saturated rings. The van der Waals surface area contributed by atoms with E-state index < -0.39 is 0 Å².